The fourth-order valence-electron chi connectivity index (χ4n) is 2.23. The van der Waals surface area contributed by atoms with E-state index in [1.54, 1.807) is 13.2 Å². The number of methoxy groups -OCH3 is 1. The molecule has 0 unspecified atom stereocenters. The van der Waals surface area contributed by atoms with Crippen LogP contribution in [0.5, 0.6) is 0 Å². The van der Waals surface area contributed by atoms with E-state index in [4.69, 9.17) is 10.00 Å². The van der Waals surface area contributed by atoms with Crippen LogP contribution in [-0.2, 0) is 4.74 Å². The largest absolute Gasteiger partial charge is 0.384 e. The zero-order valence-electron chi connectivity index (χ0n) is 10.1. The van der Waals surface area contributed by atoms with E-state index < -0.39 is 0 Å². The summed E-state index contributed by atoms with van der Waals surface area (Å²) < 4.78 is 5.18. The van der Waals surface area contributed by atoms with E-state index in [9.17, 15) is 0 Å². The first-order chi connectivity index (χ1) is 8.33. The molecule has 0 N–H and O–H groups in total. The maximum atomic E-state index is 8.82. The van der Waals surface area contributed by atoms with Crippen molar-refractivity contribution < 1.29 is 4.74 Å². The van der Waals surface area contributed by atoms with E-state index in [1.807, 2.05) is 12.1 Å². The highest BCUT2D eigenvalue weighted by Gasteiger charge is 2.19. The van der Waals surface area contributed by atoms with Gasteiger partial charge in [-0.2, -0.15) is 5.26 Å². The van der Waals surface area contributed by atoms with Crippen LogP contribution in [-0.4, -0.2) is 31.8 Å². The first-order valence-electron chi connectivity index (χ1n) is 5.94. The quantitative estimate of drug-likeness (QED) is 0.796. The van der Waals surface area contributed by atoms with Gasteiger partial charge in [-0.15, -0.1) is 0 Å². The van der Waals surface area contributed by atoms with Crippen LogP contribution in [0.25, 0.3) is 0 Å². The van der Waals surface area contributed by atoms with Gasteiger partial charge in [-0.25, -0.2) is 4.98 Å². The van der Waals surface area contributed by atoms with Gasteiger partial charge in [0.2, 0.25) is 0 Å². The predicted molar refractivity (Wildman–Crippen MR) is 65.8 cm³/mol. The summed E-state index contributed by atoms with van der Waals surface area (Å²) in [5, 5.41) is 8.82. The number of aromatic nitrogens is 1. The second-order valence-corrected chi connectivity index (χ2v) is 4.38. The summed E-state index contributed by atoms with van der Waals surface area (Å²) in [6, 6.07) is 7.68. The van der Waals surface area contributed by atoms with Gasteiger partial charge in [0.05, 0.1) is 0 Å². The van der Waals surface area contributed by atoms with Crippen molar-refractivity contribution in [2.45, 2.75) is 12.8 Å². The third-order valence-corrected chi connectivity index (χ3v) is 3.19. The smallest absolute Gasteiger partial charge is 0.142 e. The molecule has 0 aliphatic carbocycles. The fraction of sp³-hybridized carbons (Fsp3) is 0.538. The topological polar surface area (TPSA) is 49.1 Å². The summed E-state index contributed by atoms with van der Waals surface area (Å²) in [6.07, 6.45) is 2.26. The SMILES string of the molecule is COCC1CCN(c2cccc(C#N)n2)CC1. The van der Waals surface area contributed by atoms with Gasteiger partial charge in [0.15, 0.2) is 0 Å². The molecular weight excluding hydrogens is 214 g/mol. The van der Waals surface area contributed by atoms with Crippen LogP contribution in [0, 0.1) is 17.2 Å². The highest BCUT2D eigenvalue weighted by Crippen LogP contribution is 2.21. The van der Waals surface area contributed by atoms with Gasteiger partial charge in [-0.3, -0.25) is 0 Å². The molecule has 90 valence electrons. The molecule has 2 heterocycles. The van der Waals surface area contributed by atoms with E-state index in [1.165, 1.54) is 0 Å². The maximum absolute atomic E-state index is 8.82. The summed E-state index contributed by atoms with van der Waals surface area (Å²) in [5.74, 6) is 1.58. The fourth-order valence-corrected chi connectivity index (χ4v) is 2.23. The molecule has 17 heavy (non-hydrogen) atoms. The average molecular weight is 231 g/mol. The Morgan fingerprint density at radius 3 is 2.88 bits per heavy atom. The molecule has 2 rings (SSSR count). The third kappa shape index (κ3) is 2.95. The Bertz CT molecular complexity index is 405. The standard InChI is InChI=1S/C13H17N3O/c1-17-10-11-5-7-16(8-6-11)13-4-2-3-12(9-14)15-13/h2-4,11H,5-8,10H2,1H3. The van der Waals surface area contributed by atoms with Crippen molar-refractivity contribution in [2.24, 2.45) is 5.92 Å². The number of nitriles is 1. The molecule has 0 atom stereocenters. The van der Waals surface area contributed by atoms with E-state index in [0.717, 1.165) is 38.4 Å². The number of nitrogens with zero attached hydrogens (tertiary/aromatic N) is 3. The molecule has 1 aliphatic heterocycles. The number of rotatable bonds is 3. The van der Waals surface area contributed by atoms with Crippen LogP contribution in [0.3, 0.4) is 0 Å². The maximum Gasteiger partial charge on any atom is 0.142 e. The molecule has 0 saturated carbocycles. The summed E-state index contributed by atoms with van der Waals surface area (Å²) in [6.45, 7) is 2.84. The van der Waals surface area contributed by atoms with E-state index in [0.29, 0.717) is 11.6 Å². The first kappa shape index (κ1) is 11.9. The summed E-state index contributed by atoms with van der Waals surface area (Å²) in [5.41, 5.74) is 0.488. The van der Waals surface area contributed by atoms with Crippen molar-refractivity contribution in [1.29, 1.82) is 5.26 Å². The Kier molecular flexibility index (Phi) is 3.94. The van der Waals surface area contributed by atoms with E-state index in [2.05, 4.69) is 16.0 Å². The lowest BCUT2D eigenvalue weighted by Gasteiger charge is -2.32. The van der Waals surface area contributed by atoms with Crippen molar-refractivity contribution >= 4 is 5.82 Å². The monoisotopic (exact) mass is 231 g/mol. The van der Waals surface area contributed by atoms with Gasteiger partial charge in [-0.05, 0) is 30.9 Å². The van der Waals surface area contributed by atoms with E-state index >= 15 is 0 Å². The van der Waals surface area contributed by atoms with Gasteiger partial charge in [0.25, 0.3) is 0 Å². The number of ether oxygens (including phenoxy) is 1. The van der Waals surface area contributed by atoms with Crippen LogP contribution >= 0.6 is 0 Å². The Hall–Kier alpha value is -1.60. The lowest BCUT2D eigenvalue weighted by molar-refractivity contribution is 0.139. The second-order valence-electron chi connectivity index (χ2n) is 4.38. The number of anilines is 1. The molecule has 1 aliphatic rings. The molecule has 1 aromatic rings. The number of piperidine rings is 1. The molecule has 4 nitrogen and oxygen atoms in total. The molecular formula is C13H17N3O. The lowest BCUT2D eigenvalue weighted by Crippen LogP contribution is -2.35. The van der Waals surface area contributed by atoms with Crippen molar-refractivity contribution in [2.75, 3.05) is 31.7 Å². The van der Waals surface area contributed by atoms with E-state index in [-0.39, 0.29) is 0 Å². The van der Waals surface area contributed by atoms with Gasteiger partial charge in [0.1, 0.15) is 17.6 Å². The summed E-state index contributed by atoms with van der Waals surface area (Å²) in [7, 11) is 1.75. The molecule has 1 aromatic heterocycles. The number of pyridine rings is 1. The normalized spacial score (nSPS) is 16.8. The lowest BCUT2D eigenvalue weighted by atomic mass is 9.98. The number of hydrogen-bond donors (Lipinski definition) is 0. The van der Waals surface area contributed by atoms with Crippen LogP contribution in [0.15, 0.2) is 18.2 Å². The highest BCUT2D eigenvalue weighted by atomic mass is 16.5. The third-order valence-electron chi connectivity index (χ3n) is 3.19. The first-order valence-corrected chi connectivity index (χ1v) is 5.94. The van der Waals surface area contributed by atoms with Crippen molar-refractivity contribution in [1.82, 2.24) is 4.98 Å². The number of hydrogen-bond acceptors (Lipinski definition) is 4. The van der Waals surface area contributed by atoms with Crippen LogP contribution in [0.4, 0.5) is 5.82 Å². The Morgan fingerprint density at radius 2 is 2.24 bits per heavy atom. The molecule has 0 bridgehead atoms. The predicted octanol–water partition coefficient (Wildman–Crippen LogP) is 1.82. The average Bonchev–Trinajstić information content (AvgIpc) is 2.40. The molecule has 0 radical (unpaired) electrons. The molecule has 1 fully saturated rings. The summed E-state index contributed by atoms with van der Waals surface area (Å²) in [4.78, 5) is 6.56. The Morgan fingerprint density at radius 1 is 1.47 bits per heavy atom. The minimum atomic E-state index is 0.488. The highest BCUT2D eigenvalue weighted by molar-refractivity contribution is 5.41. The molecule has 0 spiro atoms. The molecule has 1 saturated heterocycles. The van der Waals surface area contributed by atoms with Crippen LogP contribution < -0.4 is 4.90 Å². The Labute approximate surface area is 102 Å². The van der Waals surface area contributed by atoms with Gasteiger partial charge >= 0.3 is 0 Å². The molecule has 0 aromatic carbocycles. The minimum Gasteiger partial charge on any atom is -0.384 e. The van der Waals surface area contributed by atoms with Crippen molar-refractivity contribution in [3.63, 3.8) is 0 Å². The van der Waals surface area contributed by atoms with Gasteiger partial charge in [-0.1, -0.05) is 6.07 Å². The van der Waals surface area contributed by atoms with Crippen molar-refractivity contribution in [3.05, 3.63) is 23.9 Å². The zero-order valence-corrected chi connectivity index (χ0v) is 10.1. The van der Waals surface area contributed by atoms with Crippen LogP contribution in [0.1, 0.15) is 18.5 Å². The van der Waals surface area contributed by atoms with Crippen LogP contribution in [0.2, 0.25) is 0 Å². The minimum absolute atomic E-state index is 0.488. The van der Waals surface area contributed by atoms with Gasteiger partial charge < -0.3 is 9.64 Å². The van der Waals surface area contributed by atoms with Crippen molar-refractivity contribution in [3.8, 4) is 6.07 Å². The molecule has 0 amide bonds. The molecule has 4 heteroatoms. The second kappa shape index (κ2) is 5.65. The van der Waals surface area contributed by atoms with Gasteiger partial charge in [0, 0.05) is 26.8 Å². The summed E-state index contributed by atoms with van der Waals surface area (Å²) >= 11 is 0. The Balaban J connectivity index is 1.98. The zero-order chi connectivity index (χ0) is 12.1.